The second-order valence-electron chi connectivity index (χ2n) is 6.14. The fourth-order valence-electron chi connectivity index (χ4n) is 2.89. The monoisotopic (exact) mass is 290 g/mol. The van der Waals surface area contributed by atoms with E-state index in [4.69, 9.17) is 0 Å². The Morgan fingerprint density at radius 3 is 2.71 bits per heavy atom. The highest BCUT2D eigenvalue weighted by molar-refractivity contribution is 5.83. The fraction of sp³-hybridized carbons (Fsp3) is 0.588. The molecule has 21 heavy (non-hydrogen) atoms. The highest BCUT2D eigenvalue weighted by Gasteiger charge is 2.39. The van der Waals surface area contributed by atoms with Gasteiger partial charge in [-0.1, -0.05) is 19.1 Å². The molecule has 1 aliphatic rings. The standard InChI is InChI=1S/C17H26N2O2/c1-3-17(10-11-18-12-17)16(21)19-13(2)4-5-14-6-8-15(20)9-7-14/h6-9,13,18,20H,3-5,10-12H2,1-2H3,(H,19,21). The summed E-state index contributed by atoms with van der Waals surface area (Å²) < 4.78 is 0. The molecule has 0 aromatic heterocycles. The Bertz CT molecular complexity index is 464. The quantitative estimate of drug-likeness (QED) is 0.753. The molecule has 0 saturated carbocycles. The van der Waals surface area contributed by atoms with Gasteiger partial charge in [0.2, 0.25) is 5.91 Å². The van der Waals surface area contributed by atoms with Crippen LogP contribution in [0.2, 0.25) is 0 Å². The number of aromatic hydroxyl groups is 1. The highest BCUT2D eigenvalue weighted by atomic mass is 16.3. The van der Waals surface area contributed by atoms with Gasteiger partial charge in [0.15, 0.2) is 0 Å². The van der Waals surface area contributed by atoms with Gasteiger partial charge < -0.3 is 15.7 Å². The minimum Gasteiger partial charge on any atom is -0.508 e. The number of rotatable bonds is 6. The van der Waals surface area contributed by atoms with Crippen molar-refractivity contribution in [2.75, 3.05) is 13.1 Å². The molecule has 0 aliphatic carbocycles. The number of carbonyl (C=O) groups is 1. The zero-order chi connectivity index (χ0) is 15.3. The Hall–Kier alpha value is -1.55. The lowest BCUT2D eigenvalue weighted by atomic mass is 9.83. The summed E-state index contributed by atoms with van der Waals surface area (Å²) in [6.45, 7) is 5.88. The number of aryl methyl sites for hydroxylation is 1. The lowest BCUT2D eigenvalue weighted by Crippen LogP contribution is -2.45. The molecule has 1 heterocycles. The van der Waals surface area contributed by atoms with Gasteiger partial charge in [0.25, 0.3) is 0 Å². The third-order valence-corrected chi connectivity index (χ3v) is 4.58. The maximum Gasteiger partial charge on any atom is 0.227 e. The molecule has 4 nitrogen and oxygen atoms in total. The second kappa shape index (κ2) is 6.94. The van der Waals surface area contributed by atoms with Crippen molar-refractivity contribution in [3.63, 3.8) is 0 Å². The molecule has 1 aromatic rings. The summed E-state index contributed by atoms with van der Waals surface area (Å²) in [7, 11) is 0. The van der Waals surface area contributed by atoms with Crippen molar-refractivity contribution < 1.29 is 9.90 Å². The van der Waals surface area contributed by atoms with E-state index in [-0.39, 0.29) is 17.4 Å². The van der Waals surface area contributed by atoms with Crippen molar-refractivity contribution >= 4 is 5.91 Å². The summed E-state index contributed by atoms with van der Waals surface area (Å²) in [5.41, 5.74) is 0.967. The van der Waals surface area contributed by atoms with E-state index in [0.717, 1.165) is 38.8 Å². The number of phenolic OH excluding ortho intramolecular Hbond substituents is 1. The van der Waals surface area contributed by atoms with Crippen molar-refractivity contribution in [1.82, 2.24) is 10.6 Å². The molecule has 1 saturated heterocycles. The van der Waals surface area contributed by atoms with Crippen LogP contribution >= 0.6 is 0 Å². The van der Waals surface area contributed by atoms with Gasteiger partial charge in [-0.15, -0.1) is 0 Å². The number of carbonyl (C=O) groups excluding carboxylic acids is 1. The third kappa shape index (κ3) is 3.97. The molecule has 1 aliphatic heterocycles. The first-order valence-electron chi connectivity index (χ1n) is 7.85. The summed E-state index contributed by atoms with van der Waals surface area (Å²) in [6, 6.07) is 7.43. The zero-order valence-corrected chi connectivity index (χ0v) is 13.0. The first-order chi connectivity index (χ1) is 10.1. The summed E-state index contributed by atoms with van der Waals surface area (Å²) in [6.07, 6.45) is 3.62. The zero-order valence-electron chi connectivity index (χ0n) is 13.0. The normalized spacial score (nSPS) is 23.0. The minimum atomic E-state index is -0.215. The molecule has 2 rings (SSSR count). The number of hydrogen-bond donors (Lipinski definition) is 3. The first-order valence-corrected chi connectivity index (χ1v) is 7.85. The molecule has 1 aromatic carbocycles. The average molecular weight is 290 g/mol. The molecule has 1 amide bonds. The Labute approximate surface area is 126 Å². The second-order valence-corrected chi connectivity index (χ2v) is 6.14. The molecule has 2 unspecified atom stereocenters. The Kier molecular flexibility index (Phi) is 5.23. The van der Waals surface area contributed by atoms with E-state index in [1.807, 2.05) is 12.1 Å². The van der Waals surface area contributed by atoms with Gasteiger partial charge in [0.1, 0.15) is 5.75 Å². The summed E-state index contributed by atoms with van der Waals surface area (Å²) in [5, 5.41) is 15.7. The molecule has 2 atom stereocenters. The summed E-state index contributed by atoms with van der Waals surface area (Å²) >= 11 is 0. The van der Waals surface area contributed by atoms with E-state index in [1.165, 1.54) is 5.56 Å². The lowest BCUT2D eigenvalue weighted by Gasteiger charge is -2.27. The summed E-state index contributed by atoms with van der Waals surface area (Å²) in [5.74, 6) is 0.479. The van der Waals surface area contributed by atoms with Crippen LogP contribution in [-0.2, 0) is 11.2 Å². The topological polar surface area (TPSA) is 61.4 Å². The number of hydrogen-bond acceptors (Lipinski definition) is 3. The Morgan fingerprint density at radius 2 is 2.14 bits per heavy atom. The molecule has 0 radical (unpaired) electrons. The van der Waals surface area contributed by atoms with Crippen molar-refractivity contribution in [2.24, 2.45) is 5.41 Å². The molecule has 0 spiro atoms. The van der Waals surface area contributed by atoms with Gasteiger partial charge in [-0.3, -0.25) is 4.79 Å². The van der Waals surface area contributed by atoms with Crippen LogP contribution in [0, 0.1) is 5.41 Å². The van der Waals surface area contributed by atoms with Gasteiger partial charge in [0.05, 0.1) is 5.41 Å². The van der Waals surface area contributed by atoms with E-state index in [0.29, 0.717) is 5.75 Å². The molecule has 116 valence electrons. The molecule has 1 fully saturated rings. The number of amides is 1. The van der Waals surface area contributed by atoms with Crippen LogP contribution in [0.15, 0.2) is 24.3 Å². The van der Waals surface area contributed by atoms with Gasteiger partial charge in [0, 0.05) is 12.6 Å². The average Bonchev–Trinajstić information content (AvgIpc) is 2.97. The molecule has 4 heteroatoms. The van der Waals surface area contributed by atoms with E-state index >= 15 is 0 Å². The number of benzene rings is 1. The van der Waals surface area contributed by atoms with Gasteiger partial charge in [-0.2, -0.15) is 0 Å². The van der Waals surface area contributed by atoms with Crippen LogP contribution in [0.1, 0.15) is 38.7 Å². The molecular formula is C17H26N2O2. The minimum absolute atomic E-state index is 0.162. The molecular weight excluding hydrogens is 264 g/mol. The van der Waals surface area contributed by atoms with Crippen LogP contribution in [-0.4, -0.2) is 30.1 Å². The van der Waals surface area contributed by atoms with E-state index in [2.05, 4.69) is 24.5 Å². The van der Waals surface area contributed by atoms with Gasteiger partial charge >= 0.3 is 0 Å². The molecule has 3 N–H and O–H groups in total. The largest absolute Gasteiger partial charge is 0.508 e. The van der Waals surface area contributed by atoms with E-state index in [9.17, 15) is 9.90 Å². The van der Waals surface area contributed by atoms with Gasteiger partial charge in [-0.05, 0) is 56.8 Å². The third-order valence-electron chi connectivity index (χ3n) is 4.58. The van der Waals surface area contributed by atoms with Crippen LogP contribution < -0.4 is 10.6 Å². The maximum atomic E-state index is 12.5. The lowest BCUT2D eigenvalue weighted by molar-refractivity contribution is -0.131. The predicted octanol–water partition coefficient (Wildman–Crippen LogP) is 2.22. The maximum absolute atomic E-state index is 12.5. The van der Waals surface area contributed by atoms with Crippen molar-refractivity contribution in [3.05, 3.63) is 29.8 Å². The fourth-order valence-corrected chi connectivity index (χ4v) is 2.89. The predicted molar refractivity (Wildman–Crippen MR) is 84.2 cm³/mol. The van der Waals surface area contributed by atoms with Crippen LogP contribution in [0.5, 0.6) is 5.75 Å². The van der Waals surface area contributed by atoms with Crippen molar-refractivity contribution in [3.8, 4) is 5.75 Å². The van der Waals surface area contributed by atoms with Crippen molar-refractivity contribution in [1.29, 1.82) is 0 Å². The number of phenols is 1. The van der Waals surface area contributed by atoms with Crippen LogP contribution in [0.3, 0.4) is 0 Å². The molecule has 0 bridgehead atoms. The first kappa shape index (κ1) is 15.8. The number of nitrogens with one attached hydrogen (secondary N) is 2. The van der Waals surface area contributed by atoms with E-state index < -0.39 is 0 Å². The van der Waals surface area contributed by atoms with Crippen molar-refractivity contribution in [2.45, 2.75) is 45.6 Å². The van der Waals surface area contributed by atoms with Gasteiger partial charge in [-0.25, -0.2) is 0 Å². The highest BCUT2D eigenvalue weighted by Crippen LogP contribution is 2.29. The van der Waals surface area contributed by atoms with Crippen LogP contribution in [0.25, 0.3) is 0 Å². The Balaban J connectivity index is 1.82. The Morgan fingerprint density at radius 1 is 1.43 bits per heavy atom. The SMILES string of the molecule is CCC1(C(=O)NC(C)CCc2ccc(O)cc2)CCNC1. The van der Waals surface area contributed by atoms with E-state index in [1.54, 1.807) is 12.1 Å². The summed E-state index contributed by atoms with van der Waals surface area (Å²) in [4.78, 5) is 12.5. The smallest absolute Gasteiger partial charge is 0.227 e. The van der Waals surface area contributed by atoms with Crippen LogP contribution in [0.4, 0.5) is 0 Å².